The van der Waals surface area contributed by atoms with Gasteiger partial charge in [-0.25, -0.2) is 15.0 Å². The molecule has 0 spiro atoms. The molecule has 4 aromatic rings. The summed E-state index contributed by atoms with van der Waals surface area (Å²) < 4.78 is 29.1. The number of anilines is 1. The van der Waals surface area contributed by atoms with Gasteiger partial charge in [0.2, 0.25) is 0 Å². The standard InChI is InChI=1S/C20H15Cl2N7O/c1-10(20-27-9-29(2)28-20)30-18-11(7-23)6-13(12-4-3-5-14(21)16(12)22)17-15(18)19(24)26-8-25-17/h3-6,8-10H,1-2H3,(H2,24,25,26)/t10-/m1/s1/i2D3. The van der Waals surface area contributed by atoms with Gasteiger partial charge in [0, 0.05) is 22.2 Å². The Kier molecular flexibility index (Phi) is 4.25. The van der Waals surface area contributed by atoms with Gasteiger partial charge < -0.3 is 10.5 Å². The van der Waals surface area contributed by atoms with E-state index in [9.17, 15) is 5.26 Å². The molecule has 0 saturated carbocycles. The minimum Gasteiger partial charge on any atom is -0.480 e. The highest BCUT2D eigenvalue weighted by Gasteiger charge is 2.23. The predicted octanol–water partition coefficient (Wildman–Crippen LogP) is 4.33. The first-order valence-electron chi connectivity index (χ1n) is 10.1. The van der Waals surface area contributed by atoms with Crippen molar-refractivity contribution in [1.29, 1.82) is 5.26 Å². The van der Waals surface area contributed by atoms with Gasteiger partial charge in [0.15, 0.2) is 17.7 Å². The highest BCUT2D eigenvalue weighted by Crippen LogP contribution is 2.43. The van der Waals surface area contributed by atoms with Crippen LogP contribution in [0.2, 0.25) is 10.0 Å². The molecule has 0 bridgehead atoms. The Bertz CT molecular complexity index is 1420. The molecule has 0 fully saturated rings. The first-order chi connectivity index (χ1) is 15.6. The second-order valence-corrected chi connectivity index (χ2v) is 7.09. The number of aromatic nitrogens is 5. The van der Waals surface area contributed by atoms with E-state index in [0.717, 1.165) is 11.0 Å². The quantitative estimate of drug-likeness (QED) is 0.499. The maximum atomic E-state index is 9.88. The highest BCUT2D eigenvalue weighted by atomic mass is 35.5. The summed E-state index contributed by atoms with van der Waals surface area (Å²) in [4.78, 5) is 12.4. The summed E-state index contributed by atoms with van der Waals surface area (Å²) >= 11 is 12.6. The maximum absolute atomic E-state index is 9.88. The lowest BCUT2D eigenvalue weighted by atomic mass is 9.98. The van der Waals surface area contributed by atoms with Crippen molar-refractivity contribution in [2.24, 2.45) is 6.98 Å². The van der Waals surface area contributed by atoms with Gasteiger partial charge >= 0.3 is 0 Å². The smallest absolute Gasteiger partial charge is 0.191 e. The Morgan fingerprint density at radius 1 is 1.27 bits per heavy atom. The van der Waals surface area contributed by atoms with Crippen LogP contribution >= 0.6 is 23.2 Å². The molecule has 0 aliphatic heterocycles. The molecule has 0 unspecified atom stereocenters. The van der Waals surface area contributed by atoms with Crippen LogP contribution in [0.25, 0.3) is 22.0 Å². The molecule has 0 radical (unpaired) electrons. The third kappa shape index (κ3) is 3.38. The third-order valence-corrected chi connectivity index (χ3v) is 5.24. The summed E-state index contributed by atoms with van der Waals surface area (Å²) in [6, 6.07) is 8.79. The van der Waals surface area contributed by atoms with Gasteiger partial charge in [-0.05, 0) is 19.1 Å². The lowest BCUT2D eigenvalue weighted by molar-refractivity contribution is 0.218. The molecule has 2 N–H and O–H groups in total. The van der Waals surface area contributed by atoms with Crippen LogP contribution in [-0.4, -0.2) is 24.7 Å². The zero-order valence-electron chi connectivity index (χ0n) is 18.5. The van der Waals surface area contributed by atoms with Gasteiger partial charge in [0.05, 0.1) is 26.5 Å². The molecular formula is C20H15Cl2N7O. The molecule has 10 heteroatoms. The molecule has 150 valence electrons. The number of nitrogens with zero attached hydrogens (tertiary/aromatic N) is 6. The van der Waals surface area contributed by atoms with Crippen molar-refractivity contribution in [3.63, 3.8) is 0 Å². The average molecular weight is 443 g/mol. The summed E-state index contributed by atoms with van der Waals surface area (Å²) in [7, 11) is 0. The van der Waals surface area contributed by atoms with E-state index in [1.165, 1.54) is 6.33 Å². The minimum atomic E-state index is -2.48. The van der Waals surface area contributed by atoms with Crippen molar-refractivity contribution in [2.75, 3.05) is 5.73 Å². The number of fused-ring (bicyclic) bond motifs is 1. The number of hydrogen-bond donors (Lipinski definition) is 1. The maximum Gasteiger partial charge on any atom is 0.191 e. The largest absolute Gasteiger partial charge is 0.480 e. The van der Waals surface area contributed by atoms with Crippen molar-refractivity contribution in [2.45, 2.75) is 13.0 Å². The van der Waals surface area contributed by atoms with Crippen LogP contribution in [0.1, 0.15) is 28.5 Å². The number of hydrogen-bond acceptors (Lipinski definition) is 7. The van der Waals surface area contributed by atoms with Crippen LogP contribution in [0.5, 0.6) is 5.75 Å². The summed E-state index contributed by atoms with van der Waals surface area (Å²) in [6.07, 6.45) is 1.56. The second-order valence-electron chi connectivity index (χ2n) is 6.30. The molecule has 2 heterocycles. The number of benzene rings is 2. The number of halogens is 2. The monoisotopic (exact) mass is 442 g/mol. The molecule has 1 atom stereocenters. The predicted molar refractivity (Wildman–Crippen MR) is 114 cm³/mol. The summed E-state index contributed by atoms with van der Waals surface area (Å²) in [5, 5.41) is 14.8. The van der Waals surface area contributed by atoms with Crippen molar-refractivity contribution in [3.05, 3.63) is 58.4 Å². The fraction of sp³-hybridized carbons (Fsp3) is 0.150. The lowest BCUT2D eigenvalue weighted by Gasteiger charge is -2.18. The Labute approximate surface area is 186 Å². The Morgan fingerprint density at radius 3 is 2.83 bits per heavy atom. The molecule has 30 heavy (non-hydrogen) atoms. The van der Waals surface area contributed by atoms with Crippen molar-refractivity contribution < 1.29 is 8.85 Å². The van der Waals surface area contributed by atoms with E-state index in [0.29, 0.717) is 32.1 Å². The van der Waals surface area contributed by atoms with Gasteiger partial charge in [0.25, 0.3) is 0 Å². The molecule has 0 amide bonds. The van der Waals surface area contributed by atoms with E-state index >= 15 is 0 Å². The molecule has 0 saturated heterocycles. The zero-order valence-corrected chi connectivity index (χ0v) is 17.0. The van der Waals surface area contributed by atoms with Crippen LogP contribution in [-0.2, 0) is 6.98 Å². The number of rotatable bonds is 4. The Hall–Kier alpha value is -3.41. The molecule has 0 aliphatic carbocycles. The zero-order chi connectivity index (χ0) is 23.9. The van der Waals surface area contributed by atoms with E-state index in [1.807, 2.05) is 0 Å². The first kappa shape index (κ1) is 16.4. The van der Waals surface area contributed by atoms with Crippen LogP contribution < -0.4 is 10.5 Å². The lowest BCUT2D eigenvalue weighted by Crippen LogP contribution is -2.09. The average Bonchev–Trinajstić information content (AvgIpc) is 3.27. The van der Waals surface area contributed by atoms with Gasteiger partial charge in [0.1, 0.15) is 24.5 Å². The number of aryl methyl sites for hydroxylation is 1. The highest BCUT2D eigenvalue weighted by molar-refractivity contribution is 6.44. The van der Waals surface area contributed by atoms with Gasteiger partial charge in [-0.3, -0.25) is 4.68 Å². The van der Waals surface area contributed by atoms with Crippen LogP contribution in [0.15, 0.2) is 36.9 Å². The molecule has 8 nitrogen and oxygen atoms in total. The fourth-order valence-corrected chi connectivity index (χ4v) is 3.46. The number of nitrogens with two attached hydrogens (primary N) is 1. The van der Waals surface area contributed by atoms with Crippen molar-refractivity contribution in [1.82, 2.24) is 24.7 Å². The van der Waals surface area contributed by atoms with E-state index in [2.05, 4.69) is 26.1 Å². The third-order valence-electron chi connectivity index (χ3n) is 4.42. The number of nitriles is 1. The fourth-order valence-electron chi connectivity index (χ4n) is 3.05. The first-order valence-corrected chi connectivity index (χ1v) is 9.37. The number of ether oxygens (including phenoxy) is 1. The van der Waals surface area contributed by atoms with E-state index < -0.39 is 13.1 Å². The SMILES string of the molecule is [2H]C([2H])([2H])n1cnc([C@@H](C)Oc2c(C#N)cc(-c3cccc(Cl)c3Cl)c3ncnc(N)c23)n1. The van der Waals surface area contributed by atoms with Crippen molar-refractivity contribution in [3.8, 4) is 22.9 Å². The topological polar surface area (TPSA) is 116 Å². The minimum absolute atomic E-state index is 0.0830. The van der Waals surface area contributed by atoms with E-state index in [1.54, 1.807) is 31.2 Å². The molecule has 0 aliphatic rings. The Morgan fingerprint density at radius 2 is 2.10 bits per heavy atom. The molecular weight excluding hydrogens is 425 g/mol. The van der Waals surface area contributed by atoms with Crippen LogP contribution in [0, 0.1) is 11.3 Å². The van der Waals surface area contributed by atoms with Gasteiger partial charge in [-0.2, -0.15) is 10.4 Å². The second kappa shape index (κ2) is 7.78. The molecule has 2 aromatic heterocycles. The van der Waals surface area contributed by atoms with Gasteiger partial charge in [-0.1, -0.05) is 35.3 Å². The molecule has 2 aromatic carbocycles. The van der Waals surface area contributed by atoms with E-state index in [-0.39, 0.29) is 23.0 Å². The van der Waals surface area contributed by atoms with E-state index in [4.69, 9.17) is 37.8 Å². The van der Waals surface area contributed by atoms with Crippen molar-refractivity contribution >= 4 is 39.9 Å². The number of nitrogen functional groups attached to an aromatic ring is 1. The summed E-state index contributed by atoms with van der Waals surface area (Å²) in [5.74, 6) is 0.311. The summed E-state index contributed by atoms with van der Waals surface area (Å²) in [5.41, 5.74) is 7.77. The van der Waals surface area contributed by atoms with Crippen LogP contribution in [0.3, 0.4) is 0 Å². The Balaban J connectivity index is 1.89. The summed E-state index contributed by atoms with van der Waals surface area (Å²) in [6.45, 7) is -0.862. The normalized spacial score (nSPS) is 13.9. The van der Waals surface area contributed by atoms with Crippen LogP contribution in [0.4, 0.5) is 5.82 Å². The van der Waals surface area contributed by atoms with Gasteiger partial charge in [-0.15, -0.1) is 0 Å². The molecule has 4 rings (SSSR count).